The van der Waals surface area contributed by atoms with Crippen LogP contribution < -0.4 is 20.3 Å². The van der Waals surface area contributed by atoms with Gasteiger partial charge in [0.05, 0.1) is 19.3 Å². The summed E-state index contributed by atoms with van der Waals surface area (Å²) < 4.78 is 10.7. The summed E-state index contributed by atoms with van der Waals surface area (Å²) in [6.45, 7) is 4.63. The van der Waals surface area contributed by atoms with E-state index in [0.29, 0.717) is 34.6 Å². The van der Waals surface area contributed by atoms with Gasteiger partial charge < -0.3 is 9.47 Å². The molecule has 7 heteroatoms. The van der Waals surface area contributed by atoms with Crippen molar-refractivity contribution in [2.75, 3.05) is 13.7 Å². The van der Waals surface area contributed by atoms with Gasteiger partial charge >= 0.3 is 0 Å². The third-order valence-electron chi connectivity index (χ3n) is 3.38. The van der Waals surface area contributed by atoms with Gasteiger partial charge in [0.1, 0.15) is 11.5 Å². The molecule has 0 bridgehead atoms. The zero-order chi connectivity index (χ0) is 19.1. The largest absolute Gasteiger partial charge is 0.496 e. The minimum atomic E-state index is -0.537. The Morgan fingerprint density at radius 3 is 2.50 bits per heavy atom. The quantitative estimate of drug-likeness (QED) is 0.757. The van der Waals surface area contributed by atoms with Gasteiger partial charge in [-0.2, -0.15) is 0 Å². The lowest BCUT2D eigenvalue weighted by Gasteiger charge is -2.12. The molecule has 0 fully saturated rings. The number of carbonyl (C=O) groups is 2. The summed E-state index contributed by atoms with van der Waals surface area (Å²) in [7, 11) is 1.45. The van der Waals surface area contributed by atoms with E-state index in [1.807, 2.05) is 13.8 Å². The monoisotopic (exact) mass is 376 g/mol. The number of halogens is 1. The first-order chi connectivity index (χ1) is 12.4. The van der Waals surface area contributed by atoms with Crippen LogP contribution in [-0.4, -0.2) is 25.5 Å². The van der Waals surface area contributed by atoms with Gasteiger partial charge in [-0.3, -0.25) is 20.4 Å². The molecule has 0 atom stereocenters. The van der Waals surface area contributed by atoms with Crippen LogP contribution in [0.3, 0.4) is 0 Å². The number of rotatable bonds is 6. The van der Waals surface area contributed by atoms with Gasteiger partial charge in [-0.25, -0.2) is 0 Å². The molecule has 0 unspecified atom stereocenters. The van der Waals surface area contributed by atoms with E-state index in [4.69, 9.17) is 21.1 Å². The zero-order valence-corrected chi connectivity index (χ0v) is 15.6. The Hall–Kier alpha value is -2.73. The maximum Gasteiger partial charge on any atom is 0.273 e. The van der Waals surface area contributed by atoms with E-state index in [1.54, 1.807) is 36.4 Å². The zero-order valence-electron chi connectivity index (χ0n) is 14.8. The standard InChI is InChI=1S/C19H21ClN2O4/c1-12(2)11-26-15-6-4-5-13(9-15)18(23)21-22-19(24)16-10-14(20)7-8-17(16)25-3/h4-10,12H,11H2,1-3H3,(H,21,23)(H,22,24). The topological polar surface area (TPSA) is 76.7 Å². The van der Waals surface area contributed by atoms with E-state index in [2.05, 4.69) is 10.9 Å². The molecule has 2 N–H and O–H groups in total. The number of methoxy groups -OCH3 is 1. The molecular formula is C19H21ClN2O4. The molecule has 0 radical (unpaired) electrons. The van der Waals surface area contributed by atoms with Crippen molar-refractivity contribution in [2.24, 2.45) is 5.92 Å². The maximum absolute atomic E-state index is 12.3. The molecular weight excluding hydrogens is 356 g/mol. The van der Waals surface area contributed by atoms with Crippen LogP contribution in [-0.2, 0) is 0 Å². The summed E-state index contributed by atoms with van der Waals surface area (Å²) in [6.07, 6.45) is 0. The number of ether oxygens (including phenoxy) is 2. The van der Waals surface area contributed by atoms with Crippen molar-refractivity contribution in [3.05, 3.63) is 58.6 Å². The van der Waals surface area contributed by atoms with Gasteiger partial charge in [-0.05, 0) is 42.3 Å². The smallest absolute Gasteiger partial charge is 0.273 e. The summed E-state index contributed by atoms with van der Waals surface area (Å²) in [5.74, 6) is 0.318. The highest BCUT2D eigenvalue weighted by Gasteiger charge is 2.14. The molecule has 0 aliphatic heterocycles. The predicted octanol–water partition coefficient (Wildman–Crippen LogP) is 3.46. The van der Waals surface area contributed by atoms with Crippen molar-refractivity contribution in [2.45, 2.75) is 13.8 Å². The number of hydrogen-bond donors (Lipinski definition) is 2. The van der Waals surface area contributed by atoms with Crippen LogP contribution in [0.1, 0.15) is 34.6 Å². The summed E-state index contributed by atoms with van der Waals surface area (Å²) in [5, 5.41) is 0.386. The van der Waals surface area contributed by atoms with Crippen molar-refractivity contribution in [1.29, 1.82) is 0 Å². The van der Waals surface area contributed by atoms with E-state index in [1.165, 1.54) is 13.2 Å². The van der Waals surface area contributed by atoms with E-state index in [-0.39, 0.29) is 5.56 Å². The first kappa shape index (κ1) is 19.6. The third kappa shape index (κ3) is 5.39. The van der Waals surface area contributed by atoms with Crippen LogP contribution in [0.4, 0.5) is 0 Å². The second-order valence-corrected chi connectivity index (χ2v) is 6.42. The lowest BCUT2D eigenvalue weighted by atomic mass is 10.2. The SMILES string of the molecule is COc1ccc(Cl)cc1C(=O)NNC(=O)c1cccc(OCC(C)C)c1. The van der Waals surface area contributed by atoms with Crippen LogP contribution in [0.25, 0.3) is 0 Å². The van der Waals surface area contributed by atoms with Crippen molar-refractivity contribution < 1.29 is 19.1 Å². The van der Waals surface area contributed by atoms with Gasteiger partial charge in [0, 0.05) is 10.6 Å². The molecule has 0 spiro atoms. The molecule has 0 saturated carbocycles. The molecule has 2 rings (SSSR count). The third-order valence-corrected chi connectivity index (χ3v) is 3.61. The van der Waals surface area contributed by atoms with Gasteiger partial charge in [0.25, 0.3) is 11.8 Å². The lowest BCUT2D eigenvalue weighted by Crippen LogP contribution is -2.41. The summed E-state index contributed by atoms with van der Waals surface area (Å²) >= 11 is 5.91. The molecule has 2 aromatic rings. The second kappa shape index (κ2) is 9.10. The van der Waals surface area contributed by atoms with Gasteiger partial charge in [0.2, 0.25) is 0 Å². The molecule has 26 heavy (non-hydrogen) atoms. The number of amides is 2. The second-order valence-electron chi connectivity index (χ2n) is 5.99. The van der Waals surface area contributed by atoms with Crippen molar-refractivity contribution in [3.8, 4) is 11.5 Å². The van der Waals surface area contributed by atoms with Crippen molar-refractivity contribution >= 4 is 23.4 Å². The van der Waals surface area contributed by atoms with E-state index in [9.17, 15) is 9.59 Å². The highest BCUT2D eigenvalue weighted by atomic mass is 35.5. The molecule has 0 aromatic heterocycles. The molecule has 0 aliphatic carbocycles. The first-order valence-corrected chi connectivity index (χ1v) is 8.45. The van der Waals surface area contributed by atoms with Crippen LogP contribution in [0, 0.1) is 5.92 Å². The number of nitrogens with one attached hydrogen (secondary N) is 2. The number of carbonyl (C=O) groups excluding carboxylic acids is 2. The Kier molecular flexibility index (Phi) is 6.86. The van der Waals surface area contributed by atoms with Gasteiger partial charge in [-0.15, -0.1) is 0 Å². The van der Waals surface area contributed by atoms with Crippen LogP contribution in [0.2, 0.25) is 5.02 Å². The normalized spacial score (nSPS) is 10.3. The lowest BCUT2D eigenvalue weighted by molar-refractivity contribution is 0.0844. The highest BCUT2D eigenvalue weighted by Crippen LogP contribution is 2.22. The fraction of sp³-hybridized carbons (Fsp3) is 0.263. The van der Waals surface area contributed by atoms with E-state index < -0.39 is 11.8 Å². The molecule has 6 nitrogen and oxygen atoms in total. The molecule has 0 heterocycles. The predicted molar refractivity (Wildman–Crippen MR) is 99.7 cm³/mol. The minimum absolute atomic E-state index is 0.217. The van der Waals surface area contributed by atoms with Crippen LogP contribution in [0.5, 0.6) is 11.5 Å². The minimum Gasteiger partial charge on any atom is -0.496 e. The molecule has 2 amide bonds. The fourth-order valence-electron chi connectivity index (χ4n) is 2.10. The van der Waals surface area contributed by atoms with Crippen molar-refractivity contribution in [3.63, 3.8) is 0 Å². The Labute approximate surface area is 157 Å². The molecule has 138 valence electrons. The van der Waals surface area contributed by atoms with E-state index >= 15 is 0 Å². The number of hydrazine groups is 1. The average Bonchev–Trinajstić information content (AvgIpc) is 2.64. The summed E-state index contributed by atoms with van der Waals surface area (Å²) in [5.41, 5.74) is 5.30. The maximum atomic E-state index is 12.3. The highest BCUT2D eigenvalue weighted by molar-refractivity contribution is 6.31. The summed E-state index contributed by atoms with van der Waals surface area (Å²) in [4.78, 5) is 24.5. The average molecular weight is 377 g/mol. The Morgan fingerprint density at radius 1 is 1.08 bits per heavy atom. The fourth-order valence-corrected chi connectivity index (χ4v) is 2.27. The van der Waals surface area contributed by atoms with Crippen molar-refractivity contribution in [1.82, 2.24) is 10.9 Å². The van der Waals surface area contributed by atoms with Crippen LogP contribution >= 0.6 is 11.6 Å². The Morgan fingerprint density at radius 2 is 1.81 bits per heavy atom. The Balaban J connectivity index is 2.01. The molecule has 0 saturated heterocycles. The van der Waals surface area contributed by atoms with Crippen LogP contribution in [0.15, 0.2) is 42.5 Å². The Bertz CT molecular complexity index is 793. The van der Waals surface area contributed by atoms with E-state index in [0.717, 1.165) is 0 Å². The number of benzene rings is 2. The van der Waals surface area contributed by atoms with Gasteiger partial charge in [-0.1, -0.05) is 31.5 Å². The molecule has 2 aromatic carbocycles. The first-order valence-electron chi connectivity index (χ1n) is 8.07. The number of hydrogen-bond acceptors (Lipinski definition) is 4. The summed E-state index contributed by atoms with van der Waals surface area (Å²) in [6, 6.07) is 11.4. The molecule has 0 aliphatic rings. The van der Waals surface area contributed by atoms with Gasteiger partial charge in [0.15, 0.2) is 0 Å².